The third kappa shape index (κ3) is 2.16. The Balaban J connectivity index is 2.51. The standard InChI is InChI=1S/C13H19N5/c1-3-9-13(2)17-11(14)16-12(15)18(13)10-7-5-4-6-8-10/h4-8H,3,9H2,1-2H3,(H4,14,15,16,17)/p+1. The highest BCUT2D eigenvalue weighted by Gasteiger charge is 2.37. The average Bonchev–Trinajstić information content (AvgIpc) is 2.28. The summed E-state index contributed by atoms with van der Waals surface area (Å²) < 4.78 is 1.99. The Hall–Kier alpha value is -2.04. The number of guanidine groups is 2. The van der Waals surface area contributed by atoms with Gasteiger partial charge in [0.1, 0.15) is 5.69 Å². The first-order valence-corrected chi connectivity index (χ1v) is 6.17. The fourth-order valence-electron chi connectivity index (χ4n) is 2.42. The largest absolute Gasteiger partial charge is 0.357 e. The first-order chi connectivity index (χ1) is 8.57. The molecule has 0 spiro atoms. The number of nitrogens with two attached hydrogens (primary N) is 2. The molecule has 1 unspecified atom stereocenters. The lowest BCUT2D eigenvalue weighted by Crippen LogP contribution is -2.56. The minimum Gasteiger partial charge on any atom is -0.357 e. The van der Waals surface area contributed by atoms with Gasteiger partial charge in [-0.25, -0.2) is 9.89 Å². The Bertz CT molecular complexity index is 491. The smallest absolute Gasteiger partial charge is 0.357 e. The van der Waals surface area contributed by atoms with Crippen LogP contribution in [0.25, 0.3) is 0 Å². The van der Waals surface area contributed by atoms with Crippen LogP contribution in [-0.2, 0) is 0 Å². The summed E-state index contributed by atoms with van der Waals surface area (Å²) in [6, 6.07) is 9.97. The number of aliphatic imine (C=N–C) groups is 1. The molecule has 5 N–H and O–H groups in total. The molecule has 0 bridgehead atoms. The molecule has 0 saturated carbocycles. The molecule has 5 heteroatoms. The Labute approximate surface area is 107 Å². The van der Waals surface area contributed by atoms with Crippen molar-refractivity contribution in [3.63, 3.8) is 0 Å². The number of para-hydroxylation sites is 1. The molecule has 1 aliphatic heterocycles. The maximum absolute atomic E-state index is 6.08. The third-order valence-electron chi connectivity index (χ3n) is 3.08. The van der Waals surface area contributed by atoms with Gasteiger partial charge in [-0.1, -0.05) is 31.5 Å². The first-order valence-electron chi connectivity index (χ1n) is 6.17. The molecule has 1 heterocycles. The van der Waals surface area contributed by atoms with Crippen molar-refractivity contribution in [2.45, 2.75) is 32.4 Å². The molecule has 0 amide bonds. The molecule has 96 valence electrons. The van der Waals surface area contributed by atoms with E-state index in [1.54, 1.807) is 0 Å². The Morgan fingerprint density at radius 2 is 1.94 bits per heavy atom. The van der Waals surface area contributed by atoms with Gasteiger partial charge in [-0.05, 0) is 19.1 Å². The van der Waals surface area contributed by atoms with E-state index < -0.39 is 5.66 Å². The zero-order chi connectivity index (χ0) is 13.2. The lowest BCUT2D eigenvalue weighted by atomic mass is 10.0. The molecule has 0 radical (unpaired) electrons. The summed E-state index contributed by atoms with van der Waals surface area (Å²) >= 11 is 0. The molecule has 0 aromatic heterocycles. The van der Waals surface area contributed by atoms with E-state index in [1.807, 2.05) is 41.8 Å². The third-order valence-corrected chi connectivity index (χ3v) is 3.08. The highest BCUT2D eigenvalue weighted by molar-refractivity contribution is 5.96. The number of hydrogen-bond donors (Lipinski definition) is 3. The summed E-state index contributed by atoms with van der Waals surface area (Å²) in [7, 11) is 0. The van der Waals surface area contributed by atoms with E-state index in [4.69, 9.17) is 11.5 Å². The maximum atomic E-state index is 6.08. The molecule has 5 nitrogen and oxygen atoms in total. The molecule has 2 rings (SSSR count). The van der Waals surface area contributed by atoms with Gasteiger partial charge in [0.2, 0.25) is 0 Å². The van der Waals surface area contributed by atoms with Crippen molar-refractivity contribution in [1.29, 1.82) is 0 Å². The van der Waals surface area contributed by atoms with Gasteiger partial charge in [0.05, 0.1) is 0 Å². The van der Waals surface area contributed by atoms with Gasteiger partial charge in [-0.3, -0.25) is 5.73 Å². The molecule has 1 aromatic carbocycles. The average molecular weight is 246 g/mol. The van der Waals surface area contributed by atoms with Crippen molar-refractivity contribution in [3.05, 3.63) is 30.3 Å². The zero-order valence-corrected chi connectivity index (χ0v) is 10.9. The minimum atomic E-state index is -0.435. The summed E-state index contributed by atoms with van der Waals surface area (Å²) in [6.45, 7) is 4.17. The molecule has 0 fully saturated rings. The number of hydrogen-bond acceptors (Lipinski definition) is 4. The van der Waals surface area contributed by atoms with Crippen LogP contribution in [0.3, 0.4) is 0 Å². The van der Waals surface area contributed by atoms with Gasteiger partial charge < -0.3 is 5.73 Å². The van der Waals surface area contributed by atoms with Crippen LogP contribution in [0.5, 0.6) is 0 Å². The second-order valence-electron chi connectivity index (χ2n) is 4.65. The van der Waals surface area contributed by atoms with E-state index in [0.29, 0.717) is 11.9 Å². The van der Waals surface area contributed by atoms with Gasteiger partial charge >= 0.3 is 5.96 Å². The van der Waals surface area contributed by atoms with E-state index >= 15 is 0 Å². The summed E-state index contributed by atoms with van der Waals surface area (Å²) in [5.41, 5.74) is 12.4. The highest BCUT2D eigenvalue weighted by atomic mass is 15.4. The second kappa shape index (κ2) is 4.68. The maximum Gasteiger partial charge on any atom is 0.357 e. The van der Waals surface area contributed by atoms with Crippen molar-refractivity contribution < 1.29 is 4.58 Å². The topological polar surface area (TPSA) is 79.4 Å². The Morgan fingerprint density at radius 3 is 2.56 bits per heavy atom. The van der Waals surface area contributed by atoms with Crippen LogP contribution >= 0.6 is 0 Å². The fourth-order valence-corrected chi connectivity index (χ4v) is 2.42. The van der Waals surface area contributed by atoms with Crippen molar-refractivity contribution in [3.8, 4) is 0 Å². The van der Waals surface area contributed by atoms with E-state index in [0.717, 1.165) is 18.5 Å². The van der Waals surface area contributed by atoms with E-state index in [1.165, 1.54) is 0 Å². The summed E-state index contributed by atoms with van der Waals surface area (Å²) in [5.74, 6) is 0.889. The molecular formula is C13H20N5+. The molecule has 1 atom stereocenters. The van der Waals surface area contributed by atoms with Crippen molar-refractivity contribution >= 4 is 17.6 Å². The van der Waals surface area contributed by atoms with Crippen molar-refractivity contribution in [1.82, 2.24) is 5.32 Å². The quantitative estimate of drug-likeness (QED) is 0.698. The van der Waals surface area contributed by atoms with E-state index in [2.05, 4.69) is 17.2 Å². The molecule has 1 aromatic rings. The highest BCUT2D eigenvalue weighted by Crippen LogP contribution is 2.28. The van der Waals surface area contributed by atoms with E-state index in [-0.39, 0.29) is 0 Å². The normalized spacial score (nSPS) is 23.6. The summed E-state index contributed by atoms with van der Waals surface area (Å²) in [5, 5.41) is 2.89. The molecular weight excluding hydrogens is 226 g/mol. The van der Waals surface area contributed by atoms with Gasteiger partial charge in [-0.15, -0.1) is 0 Å². The number of rotatable bonds is 3. The predicted octanol–water partition coefficient (Wildman–Crippen LogP) is 1.08. The zero-order valence-electron chi connectivity index (χ0n) is 10.9. The van der Waals surface area contributed by atoms with Crippen LogP contribution in [0.1, 0.15) is 26.7 Å². The Kier molecular flexibility index (Phi) is 3.23. The van der Waals surface area contributed by atoms with Gasteiger partial charge in [-0.2, -0.15) is 4.99 Å². The van der Waals surface area contributed by atoms with Crippen LogP contribution in [-0.4, -0.2) is 22.2 Å². The van der Waals surface area contributed by atoms with Crippen LogP contribution in [0.2, 0.25) is 0 Å². The molecule has 0 saturated heterocycles. The summed E-state index contributed by atoms with van der Waals surface area (Å²) in [6.07, 6.45) is 1.88. The predicted molar refractivity (Wildman–Crippen MR) is 73.6 cm³/mol. The number of benzene rings is 1. The fraction of sp³-hybridized carbons (Fsp3) is 0.385. The molecule has 0 aliphatic carbocycles. The van der Waals surface area contributed by atoms with Gasteiger partial charge in [0.25, 0.3) is 5.96 Å². The van der Waals surface area contributed by atoms with Crippen molar-refractivity contribution in [2.75, 3.05) is 0 Å². The van der Waals surface area contributed by atoms with Crippen molar-refractivity contribution in [2.24, 2.45) is 16.5 Å². The lowest BCUT2D eigenvalue weighted by Gasteiger charge is -2.31. The van der Waals surface area contributed by atoms with Crippen LogP contribution in [0.15, 0.2) is 35.3 Å². The first kappa shape index (κ1) is 12.4. The lowest BCUT2D eigenvalue weighted by molar-refractivity contribution is -0.533. The minimum absolute atomic E-state index is 0.371. The number of nitrogens with zero attached hydrogens (tertiary/aromatic N) is 2. The van der Waals surface area contributed by atoms with Gasteiger partial charge in [0, 0.05) is 6.42 Å². The summed E-state index contributed by atoms with van der Waals surface area (Å²) in [4.78, 5) is 4.52. The SMILES string of the molecule is CCCC1(C)N=C(N)NC(N)=[N+]1c1ccccc1. The van der Waals surface area contributed by atoms with Gasteiger partial charge in [0.15, 0.2) is 5.66 Å². The van der Waals surface area contributed by atoms with Crippen LogP contribution in [0.4, 0.5) is 5.69 Å². The van der Waals surface area contributed by atoms with E-state index in [9.17, 15) is 0 Å². The second-order valence-corrected chi connectivity index (χ2v) is 4.65. The molecule has 18 heavy (non-hydrogen) atoms. The monoisotopic (exact) mass is 246 g/mol. The Morgan fingerprint density at radius 1 is 1.28 bits per heavy atom. The van der Waals surface area contributed by atoms with Crippen LogP contribution < -0.4 is 16.8 Å². The number of nitrogens with one attached hydrogen (secondary N) is 1. The van der Waals surface area contributed by atoms with Crippen LogP contribution in [0, 0.1) is 0 Å². The molecule has 1 aliphatic rings.